The van der Waals surface area contributed by atoms with Gasteiger partial charge in [0.2, 0.25) is 5.91 Å². The van der Waals surface area contributed by atoms with Crippen molar-refractivity contribution in [3.8, 4) is 5.69 Å². The Morgan fingerprint density at radius 1 is 1.19 bits per heavy atom. The van der Waals surface area contributed by atoms with Crippen LogP contribution in [0.2, 0.25) is 0 Å². The molecular formula is C20H23N5O2. The van der Waals surface area contributed by atoms with E-state index < -0.39 is 0 Å². The van der Waals surface area contributed by atoms with Crippen LogP contribution < -0.4 is 5.69 Å². The Morgan fingerprint density at radius 3 is 2.67 bits per heavy atom. The Bertz CT molecular complexity index is 992. The summed E-state index contributed by atoms with van der Waals surface area (Å²) in [6, 6.07) is 11.6. The van der Waals surface area contributed by atoms with Crippen molar-refractivity contribution < 1.29 is 4.79 Å². The van der Waals surface area contributed by atoms with E-state index in [9.17, 15) is 9.59 Å². The number of carbonyl (C=O) groups is 1. The number of aromatic nitrogens is 4. The van der Waals surface area contributed by atoms with Gasteiger partial charge < -0.3 is 4.90 Å². The van der Waals surface area contributed by atoms with E-state index in [1.807, 2.05) is 49.5 Å². The Hall–Kier alpha value is -3.22. The lowest BCUT2D eigenvalue weighted by Crippen LogP contribution is -2.31. The molecule has 0 N–H and O–H groups in total. The first-order valence-corrected chi connectivity index (χ1v) is 8.82. The molecule has 1 aromatic carbocycles. The molecule has 0 aliphatic rings. The van der Waals surface area contributed by atoms with Gasteiger partial charge in [-0.1, -0.05) is 18.2 Å². The minimum atomic E-state index is -0.313. The van der Waals surface area contributed by atoms with Crippen LogP contribution in [0, 0.1) is 13.8 Å². The van der Waals surface area contributed by atoms with Gasteiger partial charge in [-0.3, -0.25) is 9.36 Å². The van der Waals surface area contributed by atoms with Crippen LogP contribution in [0.15, 0.2) is 53.6 Å². The van der Waals surface area contributed by atoms with Gasteiger partial charge in [-0.15, -0.1) is 0 Å². The van der Waals surface area contributed by atoms with E-state index in [0.717, 1.165) is 16.9 Å². The molecule has 0 saturated heterocycles. The van der Waals surface area contributed by atoms with Gasteiger partial charge >= 0.3 is 5.69 Å². The highest BCUT2D eigenvalue weighted by molar-refractivity contribution is 5.75. The second-order valence-electron chi connectivity index (χ2n) is 6.55. The van der Waals surface area contributed by atoms with Crippen LogP contribution in [0.5, 0.6) is 0 Å². The summed E-state index contributed by atoms with van der Waals surface area (Å²) in [4.78, 5) is 30.2. The van der Waals surface area contributed by atoms with Crippen molar-refractivity contribution in [1.29, 1.82) is 0 Å². The Balaban J connectivity index is 1.68. The van der Waals surface area contributed by atoms with Crippen LogP contribution in [0.25, 0.3) is 5.69 Å². The molecule has 140 valence electrons. The number of rotatable bonds is 6. The molecule has 0 fully saturated rings. The zero-order chi connectivity index (χ0) is 19.4. The summed E-state index contributed by atoms with van der Waals surface area (Å²) in [6.45, 7) is 4.43. The maximum Gasteiger partial charge on any atom is 0.347 e. The zero-order valence-electron chi connectivity index (χ0n) is 15.8. The van der Waals surface area contributed by atoms with Crippen LogP contribution in [-0.4, -0.2) is 37.2 Å². The van der Waals surface area contributed by atoms with Crippen molar-refractivity contribution in [2.24, 2.45) is 0 Å². The molecule has 7 nitrogen and oxygen atoms in total. The molecule has 2 heterocycles. The molecule has 1 amide bonds. The van der Waals surface area contributed by atoms with Crippen molar-refractivity contribution >= 4 is 5.91 Å². The van der Waals surface area contributed by atoms with E-state index in [0.29, 0.717) is 18.8 Å². The molecule has 3 aromatic rings. The van der Waals surface area contributed by atoms with Crippen LogP contribution in [0.3, 0.4) is 0 Å². The highest BCUT2D eigenvalue weighted by Crippen LogP contribution is 2.15. The zero-order valence-corrected chi connectivity index (χ0v) is 15.8. The molecule has 0 unspecified atom stereocenters. The Kier molecular flexibility index (Phi) is 5.49. The summed E-state index contributed by atoms with van der Waals surface area (Å²) in [7, 11) is 1.77. The summed E-state index contributed by atoms with van der Waals surface area (Å²) < 4.78 is 3.32. The van der Waals surface area contributed by atoms with E-state index >= 15 is 0 Å². The summed E-state index contributed by atoms with van der Waals surface area (Å²) in [6.07, 6.45) is 3.84. The molecular weight excluding hydrogens is 342 g/mol. The maximum absolute atomic E-state index is 12.6. The predicted octanol–water partition coefficient (Wildman–Crippen LogP) is 2.09. The number of para-hydroxylation sites is 1. The standard InChI is InChI=1S/C20H23N5O2/c1-15-13-16(2)24(20(27)22-15)12-9-19(26)23(3)14-17-7-4-5-8-18(17)25-11-6-10-21-25/h4-8,10-11,13H,9,12,14H2,1-3H3. The van der Waals surface area contributed by atoms with Gasteiger partial charge in [-0.25, -0.2) is 9.48 Å². The summed E-state index contributed by atoms with van der Waals surface area (Å²) in [5, 5.41) is 4.27. The number of hydrogen-bond acceptors (Lipinski definition) is 4. The Labute approximate surface area is 157 Å². The number of benzene rings is 1. The van der Waals surface area contributed by atoms with Crippen LogP contribution in [0.1, 0.15) is 23.4 Å². The molecule has 0 spiro atoms. The molecule has 7 heteroatoms. The number of amides is 1. The highest BCUT2D eigenvalue weighted by Gasteiger charge is 2.13. The quantitative estimate of drug-likeness (QED) is 0.670. The third-order valence-electron chi connectivity index (χ3n) is 4.47. The average Bonchev–Trinajstić information content (AvgIpc) is 3.15. The van der Waals surface area contributed by atoms with Crippen LogP contribution in [-0.2, 0) is 17.9 Å². The monoisotopic (exact) mass is 365 g/mol. The van der Waals surface area contributed by atoms with Crippen molar-refractivity contribution in [2.75, 3.05) is 7.05 Å². The van der Waals surface area contributed by atoms with Crippen molar-refractivity contribution in [1.82, 2.24) is 24.2 Å². The minimum Gasteiger partial charge on any atom is -0.341 e. The Morgan fingerprint density at radius 2 is 1.96 bits per heavy atom. The molecule has 2 aromatic heterocycles. The lowest BCUT2D eigenvalue weighted by molar-refractivity contribution is -0.130. The third-order valence-corrected chi connectivity index (χ3v) is 4.47. The maximum atomic E-state index is 12.6. The van der Waals surface area contributed by atoms with Crippen molar-refractivity contribution in [2.45, 2.75) is 33.4 Å². The molecule has 0 aliphatic carbocycles. The first-order chi connectivity index (χ1) is 13.0. The van der Waals surface area contributed by atoms with Crippen molar-refractivity contribution in [3.05, 3.63) is 76.2 Å². The predicted molar refractivity (Wildman–Crippen MR) is 103 cm³/mol. The third kappa shape index (κ3) is 4.31. The van der Waals surface area contributed by atoms with E-state index in [4.69, 9.17) is 0 Å². The van der Waals surface area contributed by atoms with Gasteiger partial charge in [0.25, 0.3) is 0 Å². The van der Waals surface area contributed by atoms with Crippen LogP contribution >= 0.6 is 0 Å². The molecule has 0 saturated carbocycles. The second kappa shape index (κ2) is 7.99. The largest absolute Gasteiger partial charge is 0.347 e. The van der Waals surface area contributed by atoms with Gasteiger partial charge in [-0.05, 0) is 37.6 Å². The molecule has 0 aliphatic heterocycles. The minimum absolute atomic E-state index is 0.0304. The fourth-order valence-corrected chi connectivity index (χ4v) is 3.07. The highest BCUT2D eigenvalue weighted by atomic mass is 16.2. The fourth-order valence-electron chi connectivity index (χ4n) is 3.07. The van der Waals surface area contributed by atoms with Crippen molar-refractivity contribution in [3.63, 3.8) is 0 Å². The molecule has 3 rings (SSSR count). The summed E-state index contributed by atoms with van der Waals surface area (Å²) in [5.74, 6) is -0.0304. The first kappa shape index (κ1) is 18.6. The molecule has 0 atom stereocenters. The van der Waals surface area contributed by atoms with Gasteiger partial charge in [0.1, 0.15) is 0 Å². The molecule has 0 bridgehead atoms. The number of carbonyl (C=O) groups excluding carboxylic acids is 1. The SMILES string of the molecule is Cc1cc(C)n(CCC(=O)N(C)Cc2ccccc2-n2cccn2)c(=O)n1. The van der Waals surface area contributed by atoms with Gasteiger partial charge in [0.05, 0.1) is 5.69 Å². The van der Waals surface area contributed by atoms with E-state index in [1.54, 1.807) is 29.7 Å². The second-order valence-corrected chi connectivity index (χ2v) is 6.55. The number of nitrogens with zero attached hydrogens (tertiary/aromatic N) is 5. The number of aryl methyl sites for hydroxylation is 2. The fraction of sp³-hybridized carbons (Fsp3) is 0.300. The van der Waals surface area contributed by atoms with Gasteiger partial charge in [0, 0.05) is 50.3 Å². The van der Waals surface area contributed by atoms with Gasteiger partial charge in [-0.2, -0.15) is 10.1 Å². The normalized spacial score (nSPS) is 10.8. The topological polar surface area (TPSA) is 73.0 Å². The van der Waals surface area contributed by atoms with E-state index in [-0.39, 0.29) is 18.0 Å². The lowest BCUT2D eigenvalue weighted by Gasteiger charge is -2.20. The average molecular weight is 365 g/mol. The van der Waals surface area contributed by atoms with E-state index in [2.05, 4.69) is 10.1 Å². The summed E-state index contributed by atoms with van der Waals surface area (Å²) in [5.41, 5.74) is 3.13. The summed E-state index contributed by atoms with van der Waals surface area (Å²) >= 11 is 0. The van der Waals surface area contributed by atoms with Gasteiger partial charge in [0.15, 0.2) is 0 Å². The lowest BCUT2D eigenvalue weighted by atomic mass is 10.1. The van der Waals surface area contributed by atoms with Crippen LogP contribution in [0.4, 0.5) is 0 Å². The molecule has 0 radical (unpaired) electrons. The smallest absolute Gasteiger partial charge is 0.341 e. The molecule has 27 heavy (non-hydrogen) atoms. The number of hydrogen-bond donors (Lipinski definition) is 0. The first-order valence-electron chi connectivity index (χ1n) is 8.82. The van der Waals surface area contributed by atoms with E-state index in [1.165, 1.54) is 4.57 Å².